The Balaban J connectivity index is 1.90. The van der Waals surface area contributed by atoms with E-state index in [1.807, 2.05) is 36.1 Å². The van der Waals surface area contributed by atoms with Crippen molar-refractivity contribution in [2.24, 2.45) is 0 Å². The average molecular weight is 283 g/mol. The molecule has 19 heavy (non-hydrogen) atoms. The van der Waals surface area contributed by atoms with E-state index in [2.05, 4.69) is 5.32 Å². The number of likely N-dealkylation sites (tertiary alicyclic amines) is 1. The molecule has 104 valence electrons. The molecule has 1 unspecified atom stereocenters. The van der Waals surface area contributed by atoms with E-state index in [0.29, 0.717) is 6.61 Å². The molecule has 1 aliphatic rings. The third-order valence-corrected chi connectivity index (χ3v) is 3.58. The molecule has 1 aromatic carbocycles. The van der Waals surface area contributed by atoms with Crippen LogP contribution in [0.2, 0.25) is 0 Å². The summed E-state index contributed by atoms with van der Waals surface area (Å²) in [4.78, 5) is 14.0. The van der Waals surface area contributed by atoms with E-state index in [9.17, 15) is 4.79 Å². The highest BCUT2D eigenvalue weighted by Gasteiger charge is 2.25. The molecule has 0 radical (unpaired) electrons. The molecular weight excluding hydrogens is 264 g/mol. The number of ether oxygens (including phenoxy) is 1. The Hall–Kier alpha value is -1.26. The molecule has 4 nitrogen and oxygen atoms in total. The molecule has 5 heteroatoms. The van der Waals surface area contributed by atoms with E-state index in [1.54, 1.807) is 0 Å². The molecule has 1 aromatic rings. The fourth-order valence-electron chi connectivity index (χ4n) is 2.14. The summed E-state index contributed by atoms with van der Waals surface area (Å²) >= 11 is 6.16. The smallest absolute Gasteiger partial charge is 0.257 e. The number of benzene rings is 1. The number of halogens is 1. The van der Waals surface area contributed by atoms with Crippen molar-refractivity contribution in [3.8, 4) is 5.75 Å². The van der Waals surface area contributed by atoms with Crippen LogP contribution in [0.5, 0.6) is 5.75 Å². The average Bonchev–Trinajstić information content (AvgIpc) is 2.94. The summed E-state index contributed by atoms with van der Waals surface area (Å²) < 4.78 is 5.35. The molecule has 0 saturated carbocycles. The Morgan fingerprint density at radius 2 is 2.00 bits per heavy atom. The van der Waals surface area contributed by atoms with Gasteiger partial charge in [-0.25, -0.2) is 0 Å². The lowest BCUT2D eigenvalue weighted by Crippen LogP contribution is -2.38. The van der Waals surface area contributed by atoms with E-state index < -0.39 is 5.50 Å². The van der Waals surface area contributed by atoms with Gasteiger partial charge >= 0.3 is 0 Å². The van der Waals surface area contributed by atoms with Crippen molar-refractivity contribution in [1.82, 2.24) is 4.90 Å². The molecule has 1 fully saturated rings. The first-order valence-electron chi connectivity index (χ1n) is 6.62. The van der Waals surface area contributed by atoms with E-state index in [-0.39, 0.29) is 5.91 Å². The Labute approximate surface area is 118 Å². The third-order valence-electron chi connectivity index (χ3n) is 3.11. The van der Waals surface area contributed by atoms with Crippen molar-refractivity contribution in [2.75, 3.05) is 25.0 Å². The third kappa shape index (κ3) is 3.85. The molecule has 2 rings (SSSR count). The van der Waals surface area contributed by atoms with Gasteiger partial charge in [-0.3, -0.25) is 9.69 Å². The highest BCUT2D eigenvalue weighted by molar-refractivity contribution is 6.32. The Morgan fingerprint density at radius 3 is 2.58 bits per heavy atom. The minimum absolute atomic E-state index is 0.173. The largest absolute Gasteiger partial charge is 0.494 e. The van der Waals surface area contributed by atoms with Gasteiger partial charge in [-0.2, -0.15) is 0 Å². The number of rotatable bonds is 5. The van der Waals surface area contributed by atoms with Crippen LogP contribution in [-0.4, -0.2) is 36.0 Å². The molecule has 1 N–H and O–H groups in total. The van der Waals surface area contributed by atoms with Gasteiger partial charge in [0.1, 0.15) is 5.75 Å². The number of hydrogen-bond acceptors (Lipinski definition) is 3. The molecule has 1 atom stereocenters. The Bertz CT molecular complexity index is 416. The van der Waals surface area contributed by atoms with Crippen LogP contribution in [0.1, 0.15) is 19.8 Å². The second kappa shape index (κ2) is 6.78. The molecule has 1 amide bonds. The van der Waals surface area contributed by atoms with Crippen molar-refractivity contribution in [2.45, 2.75) is 25.3 Å². The summed E-state index contributed by atoms with van der Waals surface area (Å²) in [7, 11) is 0. The number of anilines is 1. The molecule has 1 aliphatic heterocycles. The van der Waals surface area contributed by atoms with Crippen LogP contribution in [0, 0.1) is 0 Å². The maximum atomic E-state index is 12.0. The lowest BCUT2D eigenvalue weighted by atomic mass is 10.3. The molecule has 0 bridgehead atoms. The van der Waals surface area contributed by atoms with Crippen LogP contribution in [0.25, 0.3) is 0 Å². The molecule has 1 saturated heterocycles. The Kier molecular flexibility index (Phi) is 5.05. The standard InChI is InChI=1S/C14H19ClN2O2/c1-2-19-12-7-5-11(6-8-12)16-14(18)13(15)17-9-3-4-10-17/h5-8,13H,2-4,9-10H2,1H3,(H,16,18). The van der Waals surface area contributed by atoms with Crippen LogP contribution in [0.15, 0.2) is 24.3 Å². The first-order valence-corrected chi connectivity index (χ1v) is 7.06. The van der Waals surface area contributed by atoms with E-state index in [1.165, 1.54) is 0 Å². The van der Waals surface area contributed by atoms with Crippen LogP contribution in [0.3, 0.4) is 0 Å². The fourth-order valence-corrected chi connectivity index (χ4v) is 2.39. The first kappa shape index (κ1) is 14.2. The highest BCUT2D eigenvalue weighted by Crippen LogP contribution is 2.19. The minimum Gasteiger partial charge on any atom is -0.494 e. The topological polar surface area (TPSA) is 41.6 Å². The maximum Gasteiger partial charge on any atom is 0.257 e. The summed E-state index contributed by atoms with van der Waals surface area (Å²) in [6, 6.07) is 7.30. The predicted octanol–water partition coefficient (Wildman–Crippen LogP) is 2.68. The molecule has 0 spiro atoms. The minimum atomic E-state index is -0.589. The lowest BCUT2D eigenvalue weighted by molar-refractivity contribution is -0.118. The van der Waals surface area contributed by atoms with Gasteiger partial charge in [0.25, 0.3) is 5.91 Å². The van der Waals surface area contributed by atoms with E-state index in [4.69, 9.17) is 16.3 Å². The predicted molar refractivity (Wildman–Crippen MR) is 76.7 cm³/mol. The van der Waals surface area contributed by atoms with Crippen molar-refractivity contribution < 1.29 is 9.53 Å². The number of nitrogens with one attached hydrogen (secondary N) is 1. The number of carbonyl (C=O) groups excluding carboxylic acids is 1. The zero-order valence-electron chi connectivity index (χ0n) is 11.1. The van der Waals surface area contributed by atoms with Crippen molar-refractivity contribution in [1.29, 1.82) is 0 Å². The number of nitrogens with zero attached hydrogens (tertiary/aromatic N) is 1. The first-order chi connectivity index (χ1) is 9.20. The molecule has 1 heterocycles. The van der Waals surface area contributed by atoms with Crippen LogP contribution >= 0.6 is 11.6 Å². The van der Waals surface area contributed by atoms with Crippen LogP contribution < -0.4 is 10.1 Å². The van der Waals surface area contributed by atoms with Gasteiger partial charge in [0.2, 0.25) is 0 Å². The summed E-state index contributed by atoms with van der Waals surface area (Å²) in [5, 5.41) is 2.82. The normalized spacial score (nSPS) is 17.2. The van der Waals surface area contributed by atoms with Gasteiger partial charge in [-0.05, 0) is 44.0 Å². The van der Waals surface area contributed by atoms with Gasteiger partial charge in [0.05, 0.1) is 6.61 Å². The molecule has 0 aromatic heterocycles. The van der Waals surface area contributed by atoms with Gasteiger partial charge in [0, 0.05) is 18.8 Å². The van der Waals surface area contributed by atoms with E-state index in [0.717, 1.165) is 37.4 Å². The van der Waals surface area contributed by atoms with Gasteiger partial charge in [0.15, 0.2) is 5.50 Å². The van der Waals surface area contributed by atoms with Crippen LogP contribution in [-0.2, 0) is 4.79 Å². The fraction of sp³-hybridized carbons (Fsp3) is 0.500. The number of carbonyl (C=O) groups is 1. The lowest BCUT2D eigenvalue weighted by Gasteiger charge is -2.20. The van der Waals surface area contributed by atoms with E-state index >= 15 is 0 Å². The van der Waals surface area contributed by atoms with Gasteiger partial charge in [-0.15, -0.1) is 0 Å². The quantitative estimate of drug-likeness (QED) is 0.667. The maximum absolute atomic E-state index is 12.0. The zero-order valence-corrected chi connectivity index (χ0v) is 11.8. The van der Waals surface area contributed by atoms with Crippen molar-refractivity contribution >= 4 is 23.2 Å². The summed E-state index contributed by atoms with van der Waals surface area (Å²) in [6.45, 7) is 4.35. The number of hydrogen-bond donors (Lipinski definition) is 1. The monoisotopic (exact) mass is 282 g/mol. The summed E-state index contributed by atoms with van der Waals surface area (Å²) in [5.74, 6) is 0.621. The number of alkyl halides is 1. The Morgan fingerprint density at radius 1 is 1.37 bits per heavy atom. The second-order valence-corrected chi connectivity index (χ2v) is 4.94. The molecular formula is C14H19ClN2O2. The van der Waals surface area contributed by atoms with Crippen molar-refractivity contribution in [3.63, 3.8) is 0 Å². The summed E-state index contributed by atoms with van der Waals surface area (Å²) in [6.07, 6.45) is 2.22. The highest BCUT2D eigenvalue weighted by atomic mass is 35.5. The number of amides is 1. The summed E-state index contributed by atoms with van der Waals surface area (Å²) in [5.41, 5.74) is 0.146. The SMILES string of the molecule is CCOc1ccc(NC(=O)C(Cl)N2CCCC2)cc1. The van der Waals surface area contributed by atoms with Crippen LogP contribution in [0.4, 0.5) is 5.69 Å². The molecule has 0 aliphatic carbocycles. The van der Waals surface area contributed by atoms with Gasteiger partial charge < -0.3 is 10.1 Å². The second-order valence-electron chi connectivity index (χ2n) is 4.53. The van der Waals surface area contributed by atoms with Gasteiger partial charge in [-0.1, -0.05) is 11.6 Å². The van der Waals surface area contributed by atoms with Crippen molar-refractivity contribution in [3.05, 3.63) is 24.3 Å². The zero-order chi connectivity index (χ0) is 13.7.